The van der Waals surface area contributed by atoms with Crippen LogP contribution in [0.3, 0.4) is 0 Å². The number of hydrogen-bond donors (Lipinski definition) is 0. The smallest absolute Gasteiger partial charge is 0.244 e. The van der Waals surface area contributed by atoms with E-state index in [1.807, 2.05) is 0 Å². The Morgan fingerprint density at radius 3 is 1.75 bits per heavy atom. The van der Waals surface area contributed by atoms with Crippen molar-refractivity contribution in [2.75, 3.05) is 0 Å². The van der Waals surface area contributed by atoms with Crippen molar-refractivity contribution in [2.24, 2.45) is 10.4 Å². The molecule has 0 bridgehead atoms. The molecule has 1 heterocycles. The zero-order chi connectivity index (χ0) is 23.1. The molecule has 1 unspecified atom stereocenters. The maximum absolute atomic E-state index is 15.1. The van der Waals surface area contributed by atoms with Gasteiger partial charge in [0.1, 0.15) is 5.04 Å². The van der Waals surface area contributed by atoms with Gasteiger partial charge in [0.05, 0.1) is 16.5 Å². The summed E-state index contributed by atoms with van der Waals surface area (Å²) in [5, 5.41) is -0.489. The van der Waals surface area contributed by atoms with Gasteiger partial charge in [-0.15, -0.1) is 0 Å². The third kappa shape index (κ3) is 2.53. The molecule has 166 valence electrons. The summed E-state index contributed by atoms with van der Waals surface area (Å²) in [5.74, 6) is -15.7. The molecule has 0 spiro atoms. The fourth-order valence-corrected chi connectivity index (χ4v) is 6.06. The fraction of sp³-hybridized carbons (Fsp3) is 0.292. The van der Waals surface area contributed by atoms with E-state index in [9.17, 15) is 8.78 Å². The molecule has 2 aromatic carbocycles. The zero-order valence-corrected chi connectivity index (χ0v) is 17.8. The highest BCUT2D eigenvalue weighted by atomic mass is 32.2. The normalized spacial score (nSPS) is 26.6. The lowest BCUT2D eigenvalue weighted by Crippen LogP contribution is -2.47. The van der Waals surface area contributed by atoms with E-state index in [0.717, 1.165) is 11.8 Å². The number of hydrogen-bond acceptors (Lipinski definition) is 2. The third-order valence-corrected chi connectivity index (χ3v) is 7.85. The van der Waals surface area contributed by atoms with Crippen molar-refractivity contribution >= 4 is 22.4 Å². The molecule has 1 fully saturated rings. The summed E-state index contributed by atoms with van der Waals surface area (Å²) in [6.45, 7) is 3.23. The predicted octanol–water partition coefficient (Wildman–Crippen LogP) is 7.22. The van der Waals surface area contributed by atoms with Gasteiger partial charge in [-0.2, -0.15) is 26.3 Å². The number of aliphatic imine (C=N–C) groups is 1. The summed E-state index contributed by atoms with van der Waals surface area (Å²) >= 11 is 1.14. The van der Waals surface area contributed by atoms with Crippen molar-refractivity contribution in [3.8, 4) is 0 Å². The SMILES string of the molecule is CC1(C)C(c2ccccc2)=C2C(=C3N=C(c4ccccc4)SC31)C(F)(F)C(F)(F)C2(F)F. The van der Waals surface area contributed by atoms with Crippen LogP contribution in [0.4, 0.5) is 26.3 Å². The molecule has 1 nitrogen and oxygen atoms in total. The summed E-state index contributed by atoms with van der Waals surface area (Å²) in [6, 6.07) is 16.4. The zero-order valence-electron chi connectivity index (χ0n) is 17.0. The van der Waals surface area contributed by atoms with Crippen molar-refractivity contribution in [3.63, 3.8) is 0 Å². The van der Waals surface area contributed by atoms with Crippen LogP contribution in [-0.2, 0) is 0 Å². The van der Waals surface area contributed by atoms with Crippen LogP contribution >= 0.6 is 11.8 Å². The summed E-state index contributed by atoms with van der Waals surface area (Å²) in [6.07, 6.45) is 0. The van der Waals surface area contributed by atoms with E-state index in [2.05, 4.69) is 4.99 Å². The second-order valence-electron chi connectivity index (χ2n) is 8.60. The Balaban J connectivity index is 1.88. The van der Waals surface area contributed by atoms with Gasteiger partial charge in [0, 0.05) is 16.6 Å². The first kappa shape index (κ1) is 21.4. The molecule has 1 saturated carbocycles. The van der Waals surface area contributed by atoms with E-state index in [-0.39, 0.29) is 11.1 Å². The van der Waals surface area contributed by atoms with Crippen LogP contribution in [0.5, 0.6) is 0 Å². The van der Waals surface area contributed by atoms with Gasteiger partial charge in [-0.3, -0.25) is 0 Å². The summed E-state index contributed by atoms with van der Waals surface area (Å²) in [5.41, 5.74) is -3.58. The number of rotatable bonds is 2. The van der Waals surface area contributed by atoms with E-state index in [1.54, 1.807) is 62.4 Å². The van der Waals surface area contributed by atoms with Crippen LogP contribution < -0.4 is 0 Å². The number of benzene rings is 2. The molecule has 32 heavy (non-hydrogen) atoms. The van der Waals surface area contributed by atoms with Crippen LogP contribution in [0.25, 0.3) is 5.57 Å². The lowest BCUT2D eigenvalue weighted by atomic mass is 9.68. The molecule has 0 N–H and O–H groups in total. The van der Waals surface area contributed by atoms with E-state index in [0.29, 0.717) is 10.6 Å². The van der Waals surface area contributed by atoms with Crippen molar-refractivity contribution < 1.29 is 26.3 Å². The van der Waals surface area contributed by atoms with Crippen LogP contribution in [0, 0.1) is 5.41 Å². The Hall–Kier alpha value is -2.48. The molecule has 1 atom stereocenters. The maximum Gasteiger partial charge on any atom is 0.380 e. The van der Waals surface area contributed by atoms with Gasteiger partial charge >= 0.3 is 17.8 Å². The largest absolute Gasteiger partial charge is 0.380 e. The molecule has 0 aromatic heterocycles. The summed E-state index contributed by atoms with van der Waals surface area (Å²) in [7, 11) is 0. The molecule has 0 amide bonds. The number of halogens is 6. The Bertz CT molecular complexity index is 1200. The standard InChI is InChI=1S/C24H17F6NS/c1-21(2)15(13-9-5-3-6-10-13)16-17(23(27,28)24(29,30)22(16,25)26)18-19(21)32-20(31-18)14-11-7-4-8-12-14/h3-12,19H,1-2H3. The van der Waals surface area contributed by atoms with Crippen molar-refractivity contribution in [2.45, 2.75) is 36.9 Å². The fourth-order valence-electron chi connectivity index (χ4n) is 4.72. The Kier molecular flexibility index (Phi) is 4.36. The van der Waals surface area contributed by atoms with Crippen molar-refractivity contribution in [1.82, 2.24) is 0 Å². The first-order chi connectivity index (χ1) is 14.9. The molecular formula is C24H17F6NS. The second kappa shape index (κ2) is 6.53. The maximum atomic E-state index is 15.1. The number of alkyl halides is 6. The summed E-state index contributed by atoms with van der Waals surface area (Å²) in [4.78, 5) is 4.25. The lowest BCUT2D eigenvalue weighted by Gasteiger charge is -2.40. The minimum Gasteiger partial charge on any atom is -0.244 e. The van der Waals surface area contributed by atoms with Gasteiger partial charge in [-0.1, -0.05) is 86.3 Å². The van der Waals surface area contributed by atoms with Gasteiger partial charge in [0.25, 0.3) is 0 Å². The molecule has 3 aliphatic rings. The quantitative estimate of drug-likeness (QED) is 0.427. The van der Waals surface area contributed by atoms with Crippen LogP contribution in [-0.4, -0.2) is 28.1 Å². The van der Waals surface area contributed by atoms with Gasteiger partial charge in [-0.05, 0) is 11.1 Å². The first-order valence-corrected chi connectivity index (χ1v) is 10.8. The average Bonchev–Trinajstić information content (AvgIpc) is 3.23. The highest BCUT2D eigenvalue weighted by Gasteiger charge is 2.83. The molecule has 8 heteroatoms. The molecule has 1 aliphatic heterocycles. The van der Waals surface area contributed by atoms with E-state index < -0.39 is 45.3 Å². The van der Waals surface area contributed by atoms with E-state index in [1.165, 1.54) is 12.1 Å². The molecule has 0 saturated heterocycles. The lowest BCUT2D eigenvalue weighted by molar-refractivity contribution is -0.257. The number of allylic oxidation sites excluding steroid dienone is 3. The molecule has 0 radical (unpaired) electrons. The molecule has 5 rings (SSSR count). The van der Waals surface area contributed by atoms with Gasteiger partial charge in [0.2, 0.25) is 0 Å². The van der Waals surface area contributed by atoms with Crippen molar-refractivity contribution in [3.05, 3.63) is 88.6 Å². The van der Waals surface area contributed by atoms with Gasteiger partial charge in [0.15, 0.2) is 0 Å². The Morgan fingerprint density at radius 2 is 1.19 bits per heavy atom. The Morgan fingerprint density at radius 1 is 0.688 bits per heavy atom. The number of fused-ring (bicyclic) bond motifs is 2. The van der Waals surface area contributed by atoms with Crippen LogP contribution in [0.1, 0.15) is 25.0 Å². The van der Waals surface area contributed by atoms with E-state index >= 15 is 17.6 Å². The number of nitrogens with zero attached hydrogens (tertiary/aromatic N) is 1. The monoisotopic (exact) mass is 465 g/mol. The average molecular weight is 465 g/mol. The highest BCUT2D eigenvalue weighted by molar-refractivity contribution is 8.15. The molecular weight excluding hydrogens is 448 g/mol. The minimum atomic E-state index is -5.57. The predicted molar refractivity (Wildman–Crippen MR) is 113 cm³/mol. The first-order valence-electron chi connectivity index (χ1n) is 9.92. The van der Waals surface area contributed by atoms with Gasteiger partial charge < -0.3 is 0 Å². The van der Waals surface area contributed by atoms with Crippen LogP contribution in [0.2, 0.25) is 0 Å². The molecule has 2 aliphatic carbocycles. The third-order valence-electron chi connectivity index (χ3n) is 6.26. The summed E-state index contributed by atoms with van der Waals surface area (Å²) < 4.78 is 89.6. The highest BCUT2D eigenvalue weighted by Crippen LogP contribution is 2.69. The second-order valence-corrected chi connectivity index (χ2v) is 9.70. The topological polar surface area (TPSA) is 12.4 Å². The minimum absolute atomic E-state index is 0.194. The van der Waals surface area contributed by atoms with Crippen molar-refractivity contribution in [1.29, 1.82) is 0 Å². The molecule has 2 aromatic rings. The van der Waals surface area contributed by atoms with E-state index in [4.69, 9.17) is 0 Å². The number of thioether (sulfide) groups is 1. The van der Waals surface area contributed by atoms with Gasteiger partial charge in [-0.25, -0.2) is 4.99 Å². The van der Waals surface area contributed by atoms with Crippen LogP contribution in [0.15, 0.2) is 82.5 Å². The Labute approximate surface area is 184 Å².